The van der Waals surface area contributed by atoms with Crippen LogP contribution in [0.3, 0.4) is 0 Å². The second-order valence-corrected chi connectivity index (χ2v) is 10.2. The summed E-state index contributed by atoms with van der Waals surface area (Å²) in [4.78, 5) is 10.6. The third-order valence-corrected chi connectivity index (χ3v) is 7.90. The molecule has 0 N–H and O–H groups in total. The Morgan fingerprint density at radius 1 is 1.00 bits per heavy atom. The molecule has 136 valence electrons. The van der Waals surface area contributed by atoms with Crippen LogP contribution in [0.1, 0.15) is 10.6 Å². The molecule has 0 radical (unpaired) electrons. The molecule has 0 amide bonds. The van der Waals surface area contributed by atoms with Gasteiger partial charge in [-0.2, -0.15) is 0 Å². The van der Waals surface area contributed by atoms with Crippen molar-refractivity contribution in [3.63, 3.8) is 0 Å². The number of fused-ring (bicyclic) bond motifs is 1. The molecule has 0 saturated heterocycles. The summed E-state index contributed by atoms with van der Waals surface area (Å²) in [5.41, 5.74) is 2.14. The molecule has 3 heterocycles. The van der Waals surface area contributed by atoms with Crippen LogP contribution >= 0.6 is 69.4 Å². The van der Waals surface area contributed by atoms with Gasteiger partial charge in [0.25, 0.3) is 0 Å². The maximum absolute atomic E-state index is 6.15. The van der Waals surface area contributed by atoms with Crippen molar-refractivity contribution in [2.24, 2.45) is 0 Å². The highest BCUT2D eigenvalue weighted by atomic mass is 35.5. The molecule has 1 aromatic carbocycles. The predicted octanol–water partition coefficient (Wildman–Crippen LogP) is 6.89. The Labute approximate surface area is 182 Å². The molecule has 4 rings (SSSR count). The molecule has 10 heteroatoms. The topological polar surface area (TPSA) is 51.6 Å². The number of hydrogen-bond donors (Lipinski definition) is 0. The van der Waals surface area contributed by atoms with Gasteiger partial charge in [0.1, 0.15) is 5.03 Å². The van der Waals surface area contributed by atoms with Crippen LogP contribution in [0.5, 0.6) is 0 Å². The number of hydrogen-bond acceptors (Lipinski definition) is 8. The largest absolute Gasteiger partial charge is 0.244 e. The second-order valence-electron chi connectivity index (χ2n) is 5.16. The SMILES string of the molecule is CSc1nnc(Sc2nc3cc(Cl)c(Cl)cc3nc2C=Cc2cccs2)s1. The number of nitrogens with zero attached hydrogens (tertiary/aromatic N) is 4. The minimum atomic E-state index is 0.455. The number of thiophene rings is 1. The van der Waals surface area contributed by atoms with Gasteiger partial charge in [0.05, 0.1) is 26.8 Å². The summed E-state index contributed by atoms with van der Waals surface area (Å²) < 4.78 is 1.73. The highest BCUT2D eigenvalue weighted by molar-refractivity contribution is 8.03. The van der Waals surface area contributed by atoms with E-state index in [1.807, 2.05) is 29.9 Å². The molecule has 0 aliphatic carbocycles. The Morgan fingerprint density at radius 2 is 1.74 bits per heavy atom. The van der Waals surface area contributed by atoms with Crippen molar-refractivity contribution in [3.05, 3.63) is 50.3 Å². The summed E-state index contributed by atoms with van der Waals surface area (Å²) in [6.45, 7) is 0. The van der Waals surface area contributed by atoms with E-state index in [-0.39, 0.29) is 0 Å². The van der Waals surface area contributed by atoms with Crippen molar-refractivity contribution >= 4 is 92.6 Å². The molecule has 0 aliphatic heterocycles. The van der Waals surface area contributed by atoms with Gasteiger partial charge in [-0.3, -0.25) is 0 Å². The van der Waals surface area contributed by atoms with Crippen LogP contribution in [0.4, 0.5) is 0 Å². The first-order valence-corrected chi connectivity index (χ1v) is 12.1. The maximum Gasteiger partial charge on any atom is 0.181 e. The van der Waals surface area contributed by atoms with Crippen LogP contribution in [0.15, 0.2) is 43.4 Å². The summed E-state index contributed by atoms with van der Waals surface area (Å²) in [7, 11) is 0. The first kappa shape index (κ1) is 19.2. The average molecular weight is 469 g/mol. The fourth-order valence-corrected chi connectivity index (χ4v) is 5.53. The first-order chi connectivity index (χ1) is 13.1. The van der Waals surface area contributed by atoms with Crippen LogP contribution in [-0.2, 0) is 0 Å². The van der Waals surface area contributed by atoms with Gasteiger partial charge >= 0.3 is 0 Å². The summed E-state index contributed by atoms with van der Waals surface area (Å²) >= 11 is 18.5. The van der Waals surface area contributed by atoms with Gasteiger partial charge in [-0.25, -0.2) is 9.97 Å². The molecule has 0 aliphatic rings. The summed E-state index contributed by atoms with van der Waals surface area (Å²) in [5, 5.41) is 12.1. The van der Waals surface area contributed by atoms with E-state index in [1.54, 1.807) is 35.2 Å². The number of thioether (sulfide) groups is 1. The van der Waals surface area contributed by atoms with E-state index in [9.17, 15) is 0 Å². The lowest BCUT2D eigenvalue weighted by molar-refractivity contribution is 0.953. The summed E-state index contributed by atoms with van der Waals surface area (Å²) in [6.07, 6.45) is 5.96. The number of rotatable bonds is 5. The Hall–Kier alpha value is -1.16. The van der Waals surface area contributed by atoms with Gasteiger partial charge in [-0.15, -0.1) is 21.5 Å². The zero-order chi connectivity index (χ0) is 18.8. The highest BCUT2D eigenvalue weighted by Crippen LogP contribution is 2.35. The Balaban J connectivity index is 1.79. The van der Waals surface area contributed by atoms with Crippen molar-refractivity contribution in [2.75, 3.05) is 6.26 Å². The summed E-state index contributed by atoms with van der Waals surface area (Å²) in [6, 6.07) is 7.53. The molecule has 0 atom stereocenters. The van der Waals surface area contributed by atoms with E-state index in [1.165, 1.54) is 23.1 Å². The highest BCUT2D eigenvalue weighted by Gasteiger charge is 2.13. The molecule has 0 spiro atoms. The second kappa shape index (κ2) is 8.46. The molecular formula is C17H10Cl2N4S4. The lowest BCUT2D eigenvalue weighted by Crippen LogP contribution is -1.93. The molecule has 4 aromatic rings. The quantitative estimate of drug-likeness (QED) is 0.297. The van der Waals surface area contributed by atoms with Crippen LogP contribution in [0, 0.1) is 0 Å². The fraction of sp³-hybridized carbons (Fsp3) is 0.0588. The van der Waals surface area contributed by atoms with Crippen molar-refractivity contribution in [2.45, 2.75) is 13.7 Å². The lowest BCUT2D eigenvalue weighted by atomic mass is 10.2. The van der Waals surface area contributed by atoms with Gasteiger partial charge in [-0.1, -0.05) is 52.4 Å². The third kappa shape index (κ3) is 4.47. The maximum atomic E-state index is 6.15. The monoisotopic (exact) mass is 468 g/mol. The van der Waals surface area contributed by atoms with Crippen molar-refractivity contribution in [3.8, 4) is 0 Å². The lowest BCUT2D eigenvalue weighted by Gasteiger charge is -2.06. The standard InChI is InChI=1S/C17H10Cl2N4S4/c1-24-16-22-23-17(27-16)26-15-12(5-4-9-3-2-6-25-9)20-13-7-10(18)11(19)8-14(13)21-15/h2-8H,1H3. The van der Waals surface area contributed by atoms with Gasteiger partial charge < -0.3 is 0 Å². The van der Waals surface area contributed by atoms with Crippen molar-refractivity contribution in [1.29, 1.82) is 0 Å². The van der Waals surface area contributed by atoms with E-state index >= 15 is 0 Å². The van der Waals surface area contributed by atoms with Gasteiger partial charge in [0.2, 0.25) is 0 Å². The molecule has 4 nitrogen and oxygen atoms in total. The molecule has 0 fully saturated rings. The molecule has 3 aromatic heterocycles. The average Bonchev–Trinajstić information content (AvgIpc) is 3.33. The van der Waals surface area contributed by atoms with Gasteiger partial charge in [-0.05, 0) is 53.7 Å². The Kier molecular flexibility index (Phi) is 6.01. The zero-order valence-corrected chi connectivity index (χ0v) is 18.5. The first-order valence-electron chi connectivity index (χ1n) is 7.56. The van der Waals surface area contributed by atoms with E-state index in [0.717, 1.165) is 24.3 Å². The molecular weight excluding hydrogens is 459 g/mol. The third-order valence-electron chi connectivity index (χ3n) is 3.39. The van der Waals surface area contributed by atoms with E-state index in [4.69, 9.17) is 33.2 Å². The van der Waals surface area contributed by atoms with Gasteiger partial charge in [0.15, 0.2) is 8.68 Å². The minimum Gasteiger partial charge on any atom is -0.244 e. The van der Waals surface area contributed by atoms with Crippen LogP contribution in [0.2, 0.25) is 10.0 Å². The molecule has 0 saturated carbocycles. The Bertz CT molecular complexity index is 1130. The van der Waals surface area contributed by atoms with Crippen molar-refractivity contribution in [1.82, 2.24) is 20.2 Å². The van der Waals surface area contributed by atoms with Crippen LogP contribution < -0.4 is 0 Å². The fourth-order valence-electron chi connectivity index (χ4n) is 2.18. The van der Waals surface area contributed by atoms with Crippen molar-refractivity contribution < 1.29 is 0 Å². The zero-order valence-electron chi connectivity index (χ0n) is 13.7. The molecule has 27 heavy (non-hydrogen) atoms. The van der Waals surface area contributed by atoms with E-state index in [0.29, 0.717) is 21.1 Å². The van der Waals surface area contributed by atoms with Crippen LogP contribution in [-0.4, -0.2) is 26.4 Å². The summed E-state index contributed by atoms with van der Waals surface area (Å²) in [5.74, 6) is 0. The number of aromatic nitrogens is 4. The predicted molar refractivity (Wildman–Crippen MR) is 119 cm³/mol. The number of halogens is 2. The van der Waals surface area contributed by atoms with Gasteiger partial charge in [0, 0.05) is 4.88 Å². The van der Waals surface area contributed by atoms with E-state index in [2.05, 4.69) is 16.3 Å². The van der Waals surface area contributed by atoms with Crippen LogP contribution in [0.25, 0.3) is 23.2 Å². The minimum absolute atomic E-state index is 0.455. The smallest absolute Gasteiger partial charge is 0.181 e. The Morgan fingerprint density at radius 3 is 2.41 bits per heavy atom. The normalized spacial score (nSPS) is 11.7. The van der Waals surface area contributed by atoms with E-state index < -0.39 is 0 Å². The number of benzene rings is 1. The molecule has 0 bridgehead atoms. The molecule has 0 unspecified atom stereocenters.